The molecular formula is C47H40Cl3FN2O5S. The summed E-state index contributed by atoms with van der Waals surface area (Å²) in [6.45, 7) is 8.05. The topological polar surface area (TPSA) is 71.9 Å². The van der Waals surface area contributed by atoms with Crippen LogP contribution in [0.2, 0.25) is 15.2 Å². The van der Waals surface area contributed by atoms with Gasteiger partial charge in [-0.3, -0.25) is 0 Å². The summed E-state index contributed by atoms with van der Waals surface area (Å²) < 4.78 is 45.2. The van der Waals surface area contributed by atoms with Gasteiger partial charge in [-0.2, -0.15) is 0 Å². The lowest BCUT2D eigenvalue weighted by molar-refractivity contribution is -0.0523. The van der Waals surface area contributed by atoms with Crippen molar-refractivity contribution in [3.63, 3.8) is 0 Å². The van der Waals surface area contributed by atoms with E-state index < -0.39 is 11.7 Å². The number of hydrogen-bond donors (Lipinski definition) is 0. The van der Waals surface area contributed by atoms with Gasteiger partial charge >= 0.3 is 0 Å². The molecule has 2 heterocycles. The number of nitrogens with zero attached hydrogens (tertiary/aromatic N) is 2. The van der Waals surface area contributed by atoms with Crippen molar-refractivity contribution in [2.45, 2.75) is 25.6 Å². The van der Waals surface area contributed by atoms with E-state index in [0.717, 1.165) is 38.3 Å². The molecule has 12 heteroatoms. The van der Waals surface area contributed by atoms with Gasteiger partial charge in [-0.25, -0.2) is 14.4 Å². The maximum atomic E-state index is 14.1. The summed E-state index contributed by atoms with van der Waals surface area (Å²) in [4.78, 5) is 10.3. The van der Waals surface area contributed by atoms with Crippen LogP contribution < -0.4 is 14.2 Å². The lowest BCUT2D eigenvalue weighted by Crippen LogP contribution is -2.38. The minimum atomic E-state index is -1.12. The largest absolute Gasteiger partial charge is 0.497 e. The number of halogens is 4. The SMILES string of the molecule is C=CCOC[C@H](COC(c1ccccc1)(c1ccc(OC)cc1)c1ccc(OC)cc1)Oc1c(Cl)c(C)c(-c2c(-c3ccc(F)cc3)sc3ncnc(Cl)c23)c(C)c1Cl. The summed E-state index contributed by atoms with van der Waals surface area (Å²) in [5.41, 5.74) is 5.11. The predicted octanol–water partition coefficient (Wildman–Crippen LogP) is 12.7. The van der Waals surface area contributed by atoms with E-state index in [2.05, 4.69) is 16.5 Å². The third kappa shape index (κ3) is 8.41. The Kier molecular flexibility index (Phi) is 13.2. The standard InChI is InChI=1S/C47H40Cl3FN2O5S/c1-6-24-56-25-37(26-57-47(31-10-8-7-9-11-31,32-14-20-35(54-4)21-15-32)33-16-22-36(55-5)23-17-33)58-43-41(48)28(2)38(29(3)42(43)49)39-40-45(50)52-27-53-46(40)59-44(39)30-12-18-34(51)19-13-30/h6-23,27,37H,1,24-26H2,2-5H3/t37-/m1/s1. The molecule has 0 aliphatic carbocycles. The van der Waals surface area contributed by atoms with Crippen molar-refractivity contribution >= 4 is 56.4 Å². The van der Waals surface area contributed by atoms with E-state index in [1.807, 2.05) is 92.7 Å². The van der Waals surface area contributed by atoms with Crippen LogP contribution in [0.1, 0.15) is 27.8 Å². The van der Waals surface area contributed by atoms with Crippen LogP contribution >= 0.6 is 46.1 Å². The van der Waals surface area contributed by atoms with Crippen LogP contribution in [-0.2, 0) is 15.1 Å². The maximum absolute atomic E-state index is 14.1. The lowest BCUT2D eigenvalue weighted by Gasteiger charge is -2.37. The van der Waals surface area contributed by atoms with E-state index in [-0.39, 0.29) is 36.5 Å². The molecule has 0 spiro atoms. The molecule has 1 atom stereocenters. The molecular weight excluding hydrogens is 830 g/mol. The van der Waals surface area contributed by atoms with E-state index in [1.165, 1.54) is 29.8 Å². The first-order chi connectivity index (χ1) is 28.6. The molecule has 7 aromatic rings. The minimum Gasteiger partial charge on any atom is -0.497 e. The van der Waals surface area contributed by atoms with E-state index in [0.29, 0.717) is 42.9 Å². The summed E-state index contributed by atoms with van der Waals surface area (Å²) in [5.74, 6) is 1.34. The first-order valence-electron chi connectivity index (χ1n) is 18.6. The predicted molar refractivity (Wildman–Crippen MR) is 236 cm³/mol. The molecule has 0 unspecified atom stereocenters. The van der Waals surface area contributed by atoms with Crippen molar-refractivity contribution in [3.8, 4) is 38.8 Å². The van der Waals surface area contributed by atoms with Crippen LogP contribution in [0.15, 0.2) is 122 Å². The fourth-order valence-corrected chi connectivity index (χ4v) is 9.17. The molecule has 0 fully saturated rings. The fraction of sp³-hybridized carbons (Fsp3) is 0.191. The Morgan fingerprint density at radius 3 is 1.88 bits per heavy atom. The number of rotatable bonds is 16. The van der Waals surface area contributed by atoms with Gasteiger partial charge < -0.3 is 23.7 Å². The Hall–Kier alpha value is -5.00. The van der Waals surface area contributed by atoms with Crippen LogP contribution in [0.5, 0.6) is 17.2 Å². The van der Waals surface area contributed by atoms with Gasteiger partial charge in [0.1, 0.15) is 45.3 Å². The molecule has 0 N–H and O–H groups in total. The molecule has 5 aromatic carbocycles. The molecule has 0 saturated heterocycles. The van der Waals surface area contributed by atoms with Crippen LogP contribution in [-0.4, -0.2) is 50.1 Å². The highest BCUT2D eigenvalue weighted by atomic mass is 35.5. The third-order valence-electron chi connectivity index (χ3n) is 10.1. The lowest BCUT2D eigenvalue weighted by atomic mass is 9.80. The highest BCUT2D eigenvalue weighted by molar-refractivity contribution is 7.22. The van der Waals surface area contributed by atoms with Crippen LogP contribution in [0, 0.1) is 19.7 Å². The van der Waals surface area contributed by atoms with E-state index in [4.69, 9.17) is 58.5 Å². The van der Waals surface area contributed by atoms with Crippen LogP contribution in [0.4, 0.5) is 4.39 Å². The number of fused-ring (bicyclic) bond motifs is 1. The first kappa shape index (κ1) is 42.1. The van der Waals surface area contributed by atoms with Gasteiger partial charge in [-0.1, -0.05) is 108 Å². The Morgan fingerprint density at radius 2 is 1.32 bits per heavy atom. The second kappa shape index (κ2) is 18.5. The summed E-state index contributed by atoms with van der Waals surface area (Å²) >= 11 is 22.8. The number of ether oxygens (including phenoxy) is 5. The van der Waals surface area contributed by atoms with Gasteiger partial charge in [0.05, 0.1) is 49.5 Å². The van der Waals surface area contributed by atoms with Gasteiger partial charge in [0.25, 0.3) is 0 Å². The average Bonchev–Trinajstić information content (AvgIpc) is 3.65. The Morgan fingerprint density at radius 1 is 0.746 bits per heavy atom. The van der Waals surface area contributed by atoms with Crippen molar-refractivity contribution in [3.05, 3.63) is 171 Å². The molecule has 0 saturated carbocycles. The fourth-order valence-electron chi connectivity index (χ4n) is 7.22. The van der Waals surface area contributed by atoms with Crippen molar-refractivity contribution in [2.24, 2.45) is 0 Å². The Labute approximate surface area is 361 Å². The van der Waals surface area contributed by atoms with E-state index in [9.17, 15) is 4.39 Å². The summed E-state index contributed by atoms with van der Waals surface area (Å²) in [5, 5.41) is 1.50. The van der Waals surface area contributed by atoms with Gasteiger partial charge in [0, 0.05) is 10.4 Å². The molecule has 7 rings (SSSR count). The van der Waals surface area contributed by atoms with E-state index >= 15 is 0 Å². The normalized spacial score (nSPS) is 12.1. The summed E-state index contributed by atoms with van der Waals surface area (Å²) in [7, 11) is 3.26. The average molecular weight is 870 g/mol. The summed E-state index contributed by atoms with van der Waals surface area (Å²) in [6.07, 6.45) is 2.37. The maximum Gasteiger partial charge on any atom is 0.157 e. The first-order valence-corrected chi connectivity index (χ1v) is 20.6. The van der Waals surface area contributed by atoms with E-state index in [1.54, 1.807) is 32.4 Å². The zero-order valence-electron chi connectivity index (χ0n) is 32.7. The second-order valence-corrected chi connectivity index (χ2v) is 15.7. The monoisotopic (exact) mass is 868 g/mol. The second-order valence-electron chi connectivity index (χ2n) is 13.6. The number of thiophene rings is 1. The Bertz CT molecular complexity index is 2490. The van der Waals surface area contributed by atoms with Crippen LogP contribution in [0.25, 0.3) is 31.8 Å². The van der Waals surface area contributed by atoms with Gasteiger partial charge in [-0.05, 0) is 89.2 Å². The van der Waals surface area contributed by atoms with Crippen molar-refractivity contribution in [1.82, 2.24) is 9.97 Å². The highest BCUT2D eigenvalue weighted by Crippen LogP contribution is 2.52. The summed E-state index contributed by atoms with van der Waals surface area (Å²) in [6, 6.07) is 31.9. The number of methoxy groups -OCH3 is 2. The molecule has 0 radical (unpaired) electrons. The van der Waals surface area contributed by atoms with Gasteiger partial charge in [0.15, 0.2) is 5.75 Å². The van der Waals surface area contributed by atoms with Crippen molar-refractivity contribution in [1.29, 1.82) is 0 Å². The third-order valence-corrected chi connectivity index (χ3v) is 12.4. The molecule has 0 aliphatic heterocycles. The molecule has 0 amide bonds. The quantitative estimate of drug-likeness (QED) is 0.0414. The molecule has 302 valence electrons. The smallest absolute Gasteiger partial charge is 0.157 e. The Balaban J connectivity index is 1.33. The van der Waals surface area contributed by atoms with Crippen molar-refractivity contribution in [2.75, 3.05) is 34.0 Å². The molecule has 2 aromatic heterocycles. The number of benzene rings is 5. The molecule has 0 aliphatic rings. The number of aromatic nitrogens is 2. The molecule has 59 heavy (non-hydrogen) atoms. The van der Waals surface area contributed by atoms with Gasteiger partial charge in [-0.15, -0.1) is 17.9 Å². The molecule has 0 bridgehead atoms. The zero-order valence-corrected chi connectivity index (χ0v) is 35.8. The minimum absolute atomic E-state index is 0.0351. The van der Waals surface area contributed by atoms with Crippen LogP contribution in [0.3, 0.4) is 0 Å². The van der Waals surface area contributed by atoms with Gasteiger partial charge in [0.2, 0.25) is 0 Å². The highest BCUT2D eigenvalue weighted by Gasteiger charge is 2.39. The number of hydrogen-bond acceptors (Lipinski definition) is 8. The van der Waals surface area contributed by atoms with Crippen molar-refractivity contribution < 1.29 is 28.1 Å². The molecule has 7 nitrogen and oxygen atoms in total. The zero-order chi connectivity index (χ0) is 41.7.